The molecule has 2 aromatic rings. The van der Waals surface area contributed by atoms with Crippen molar-refractivity contribution in [3.63, 3.8) is 0 Å². The molecule has 0 radical (unpaired) electrons. The van der Waals surface area contributed by atoms with Gasteiger partial charge < -0.3 is 15.0 Å². The molecule has 0 saturated carbocycles. The van der Waals surface area contributed by atoms with Gasteiger partial charge in [-0.3, -0.25) is 0 Å². The van der Waals surface area contributed by atoms with E-state index in [-0.39, 0.29) is 6.04 Å². The Morgan fingerprint density at radius 1 is 1.59 bits per heavy atom. The predicted octanol–water partition coefficient (Wildman–Crippen LogP) is 2.22. The fourth-order valence-electron chi connectivity index (χ4n) is 1.47. The van der Waals surface area contributed by atoms with Crippen LogP contribution in [0.5, 0.6) is 0 Å². The highest BCUT2D eigenvalue weighted by Crippen LogP contribution is 2.21. The summed E-state index contributed by atoms with van der Waals surface area (Å²) < 4.78 is 10.1. The Bertz CT molecular complexity index is 441. The van der Waals surface area contributed by atoms with Gasteiger partial charge in [0.2, 0.25) is 11.7 Å². The van der Waals surface area contributed by atoms with E-state index in [1.165, 1.54) is 0 Å². The summed E-state index contributed by atoms with van der Waals surface area (Å²) >= 11 is 1.60. The molecule has 2 N–H and O–H groups in total. The third kappa shape index (κ3) is 3.12. The van der Waals surface area contributed by atoms with Crippen LogP contribution in [0, 0.1) is 0 Å². The fraction of sp³-hybridized carbons (Fsp3) is 0.455. The first kappa shape index (κ1) is 12.2. The maximum atomic E-state index is 5.95. The summed E-state index contributed by atoms with van der Waals surface area (Å²) in [6.45, 7) is 0.694. The minimum absolute atomic E-state index is 0.218. The number of nitrogens with two attached hydrogens (primary N) is 1. The van der Waals surface area contributed by atoms with Crippen molar-refractivity contribution in [2.45, 2.75) is 18.9 Å². The number of nitrogens with zero attached hydrogens (tertiary/aromatic N) is 2. The summed E-state index contributed by atoms with van der Waals surface area (Å²) in [6, 6.07) is 1.74. The summed E-state index contributed by atoms with van der Waals surface area (Å²) in [4.78, 5) is 4.29. The van der Waals surface area contributed by atoms with Crippen LogP contribution in [-0.4, -0.2) is 23.9 Å². The molecule has 0 aliphatic carbocycles. The second kappa shape index (κ2) is 5.90. The zero-order valence-corrected chi connectivity index (χ0v) is 10.4. The summed E-state index contributed by atoms with van der Waals surface area (Å²) in [7, 11) is 1.67. The maximum Gasteiger partial charge on any atom is 0.243 e. The Hall–Kier alpha value is -1.24. The molecule has 17 heavy (non-hydrogen) atoms. The third-order valence-corrected chi connectivity index (χ3v) is 3.09. The van der Waals surface area contributed by atoms with Crippen molar-refractivity contribution < 1.29 is 9.26 Å². The van der Waals surface area contributed by atoms with Crippen LogP contribution in [-0.2, 0) is 4.74 Å². The number of hydrogen-bond acceptors (Lipinski definition) is 6. The van der Waals surface area contributed by atoms with Crippen LogP contribution in [0.3, 0.4) is 0 Å². The van der Waals surface area contributed by atoms with E-state index in [2.05, 4.69) is 10.1 Å². The lowest BCUT2D eigenvalue weighted by atomic mass is 10.2. The van der Waals surface area contributed by atoms with Crippen molar-refractivity contribution in [1.82, 2.24) is 10.1 Å². The molecule has 5 nitrogen and oxygen atoms in total. The van der Waals surface area contributed by atoms with E-state index < -0.39 is 0 Å². The van der Waals surface area contributed by atoms with E-state index in [0.717, 1.165) is 18.4 Å². The fourth-order valence-corrected chi connectivity index (χ4v) is 2.10. The summed E-state index contributed by atoms with van der Waals surface area (Å²) in [5.41, 5.74) is 6.92. The average molecular weight is 253 g/mol. The molecule has 0 spiro atoms. The minimum Gasteiger partial charge on any atom is -0.385 e. The van der Waals surface area contributed by atoms with Gasteiger partial charge in [-0.25, -0.2) is 0 Å². The van der Waals surface area contributed by atoms with Gasteiger partial charge in [-0.05, 0) is 24.3 Å². The number of methoxy groups -OCH3 is 1. The summed E-state index contributed by atoms with van der Waals surface area (Å²) in [5, 5.41) is 7.87. The molecule has 1 unspecified atom stereocenters. The van der Waals surface area contributed by atoms with Gasteiger partial charge >= 0.3 is 0 Å². The van der Waals surface area contributed by atoms with Gasteiger partial charge in [-0.15, -0.1) is 0 Å². The number of thiophene rings is 1. The molecule has 2 rings (SSSR count). The van der Waals surface area contributed by atoms with Crippen LogP contribution in [0.15, 0.2) is 21.3 Å². The molecule has 6 heteroatoms. The Labute approximate surface area is 104 Å². The first-order valence-corrected chi connectivity index (χ1v) is 6.36. The standard InChI is InChI=1S/C11H15N3O2S/c1-15-5-2-3-9(12)11-13-10(14-16-11)8-4-6-17-7-8/h4,6-7,9H,2-3,5,12H2,1H3. The first-order valence-electron chi connectivity index (χ1n) is 5.42. The molecular weight excluding hydrogens is 238 g/mol. The molecule has 0 bridgehead atoms. The van der Waals surface area contributed by atoms with Gasteiger partial charge in [-0.2, -0.15) is 16.3 Å². The smallest absolute Gasteiger partial charge is 0.243 e. The molecule has 2 heterocycles. The molecule has 1 atom stereocenters. The van der Waals surface area contributed by atoms with Gasteiger partial charge in [-0.1, -0.05) is 5.16 Å². The zero-order valence-electron chi connectivity index (χ0n) is 9.63. The monoisotopic (exact) mass is 253 g/mol. The normalized spacial score (nSPS) is 12.8. The molecule has 0 saturated heterocycles. The average Bonchev–Trinajstić information content (AvgIpc) is 3.00. The number of rotatable bonds is 6. The lowest BCUT2D eigenvalue weighted by molar-refractivity contribution is 0.188. The van der Waals surface area contributed by atoms with Crippen LogP contribution in [0.4, 0.5) is 0 Å². The van der Waals surface area contributed by atoms with Crippen molar-refractivity contribution in [2.75, 3.05) is 13.7 Å². The topological polar surface area (TPSA) is 74.2 Å². The van der Waals surface area contributed by atoms with Gasteiger partial charge in [0, 0.05) is 24.7 Å². The van der Waals surface area contributed by atoms with Crippen LogP contribution in [0.2, 0.25) is 0 Å². The predicted molar refractivity (Wildman–Crippen MR) is 65.6 cm³/mol. The summed E-state index contributed by atoms with van der Waals surface area (Å²) in [5.74, 6) is 1.09. The van der Waals surface area contributed by atoms with E-state index in [0.29, 0.717) is 18.3 Å². The lowest BCUT2D eigenvalue weighted by Gasteiger charge is -2.04. The Balaban J connectivity index is 1.98. The Morgan fingerprint density at radius 3 is 3.18 bits per heavy atom. The third-order valence-electron chi connectivity index (χ3n) is 2.40. The minimum atomic E-state index is -0.218. The molecule has 92 valence electrons. The van der Waals surface area contributed by atoms with Gasteiger partial charge in [0.1, 0.15) is 0 Å². The van der Waals surface area contributed by atoms with Gasteiger partial charge in [0.15, 0.2) is 0 Å². The Morgan fingerprint density at radius 2 is 2.47 bits per heavy atom. The van der Waals surface area contributed by atoms with Gasteiger partial charge in [0.25, 0.3) is 0 Å². The molecule has 0 aromatic carbocycles. The molecule has 0 fully saturated rings. The van der Waals surface area contributed by atoms with Crippen molar-refractivity contribution in [3.05, 3.63) is 22.7 Å². The highest BCUT2D eigenvalue weighted by atomic mass is 32.1. The number of hydrogen-bond donors (Lipinski definition) is 1. The highest BCUT2D eigenvalue weighted by Gasteiger charge is 2.15. The Kier molecular flexibility index (Phi) is 4.24. The van der Waals surface area contributed by atoms with Crippen molar-refractivity contribution >= 4 is 11.3 Å². The lowest BCUT2D eigenvalue weighted by Crippen LogP contribution is -2.11. The van der Waals surface area contributed by atoms with E-state index >= 15 is 0 Å². The molecule has 0 aliphatic rings. The van der Waals surface area contributed by atoms with Crippen LogP contribution in [0.25, 0.3) is 11.4 Å². The largest absolute Gasteiger partial charge is 0.385 e. The quantitative estimate of drug-likeness (QED) is 0.799. The molecular formula is C11H15N3O2S. The van der Waals surface area contributed by atoms with E-state index in [4.69, 9.17) is 15.0 Å². The number of aromatic nitrogens is 2. The van der Waals surface area contributed by atoms with E-state index in [1.54, 1.807) is 18.4 Å². The van der Waals surface area contributed by atoms with Crippen LogP contribution >= 0.6 is 11.3 Å². The van der Waals surface area contributed by atoms with Crippen LogP contribution in [0.1, 0.15) is 24.8 Å². The van der Waals surface area contributed by atoms with Gasteiger partial charge in [0.05, 0.1) is 6.04 Å². The molecule has 0 aliphatic heterocycles. The van der Waals surface area contributed by atoms with Crippen molar-refractivity contribution in [1.29, 1.82) is 0 Å². The van der Waals surface area contributed by atoms with Crippen molar-refractivity contribution in [3.8, 4) is 11.4 Å². The maximum absolute atomic E-state index is 5.95. The number of ether oxygens (including phenoxy) is 1. The van der Waals surface area contributed by atoms with Crippen molar-refractivity contribution in [2.24, 2.45) is 5.73 Å². The first-order chi connectivity index (χ1) is 8.31. The highest BCUT2D eigenvalue weighted by molar-refractivity contribution is 7.08. The van der Waals surface area contributed by atoms with E-state index in [1.807, 2.05) is 16.8 Å². The molecule has 0 amide bonds. The second-order valence-electron chi connectivity index (χ2n) is 3.71. The van der Waals surface area contributed by atoms with E-state index in [9.17, 15) is 0 Å². The summed E-state index contributed by atoms with van der Waals surface area (Å²) in [6.07, 6.45) is 1.66. The SMILES string of the molecule is COCCCC(N)c1nc(-c2ccsc2)no1. The zero-order chi connectivity index (χ0) is 12.1. The second-order valence-corrected chi connectivity index (χ2v) is 4.49. The van der Waals surface area contributed by atoms with Crippen LogP contribution < -0.4 is 5.73 Å². The molecule has 2 aromatic heterocycles.